The molecule has 0 aliphatic heterocycles. The van der Waals surface area contributed by atoms with E-state index in [-0.39, 0.29) is 0 Å². The Kier molecular flexibility index (Phi) is 6.34. The quantitative estimate of drug-likeness (QED) is 0.728. The fourth-order valence-electron chi connectivity index (χ4n) is 0.843. The third kappa shape index (κ3) is 3.20. The normalized spacial score (nSPS) is 8.64. The molecule has 1 rings (SSSR count). The van der Waals surface area contributed by atoms with Crippen molar-refractivity contribution in [3.8, 4) is 5.75 Å². The first-order valence-corrected chi connectivity index (χ1v) is 4.93. The summed E-state index contributed by atoms with van der Waals surface area (Å²) in [6.07, 6.45) is 0.678. The predicted molar refractivity (Wildman–Crippen MR) is 59.7 cm³/mol. The van der Waals surface area contributed by atoms with Crippen LogP contribution in [0.2, 0.25) is 10.0 Å². The average Bonchev–Trinajstić information content (AvgIpc) is 2.20. The molecule has 0 amide bonds. The fourth-order valence-corrected chi connectivity index (χ4v) is 1.50. The van der Waals surface area contributed by atoms with Crippen LogP contribution in [0.4, 0.5) is 0 Å². The summed E-state index contributed by atoms with van der Waals surface area (Å²) in [5, 5.41) is 0.680. The van der Waals surface area contributed by atoms with Crippen LogP contribution in [-0.4, -0.2) is 13.4 Å². The summed E-state index contributed by atoms with van der Waals surface area (Å²) < 4.78 is 4.90. The molecule has 0 spiro atoms. The van der Waals surface area contributed by atoms with Crippen LogP contribution < -0.4 is 4.74 Å². The number of benzene rings is 1. The summed E-state index contributed by atoms with van der Waals surface area (Å²) in [5.41, 5.74) is 0.436. The molecule has 0 fully saturated rings. The van der Waals surface area contributed by atoms with E-state index in [1.807, 2.05) is 13.8 Å². The third-order valence-corrected chi connectivity index (χ3v) is 1.92. The molecule has 0 bridgehead atoms. The van der Waals surface area contributed by atoms with Crippen LogP contribution in [0.5, 0.6) is 5.75 Å². The summed E-state index contributed by atoms with van der Waals surface area (Å²) in [7, 11) is 1.47. The number of hydrogen-bond acceptors (Lipinski definition) is 2. The molecular weight excluding hydrogens is 223 g/mol. The molecule has 0 saturated heterocycles. The molecule has 0 atom stereocenters. The van der Waals surface area contributed by atoms with Crippen LogP contribution in [0.15, 0.2) is 12.1 Å². The van der Waals surface area contributed by atoms with Gasteiger partial charge in [0, 0.05) is 5.56 Å². The van der Waals surface area contributed by atoms with Gasteiger partial charge in [0.2, 0.25) is 0 Å². The minimum absolute atomic E-state index is 0.340. The van der Waals surface area contributed by atoms with E-state index in [1.54, 1.807) is 0 Å². The van der Waals surface area contributed by atoms with E-state index in [4.69, 9.17) is 27.9 Å². The van der Waals surface area contributed by atoms with Gasteiger partial charge in [0.25, 0.3) is 0 Å². The number of ether oxygens (including phenoxy) is 1. The van der Waals surface area contributed by atoms with E-state index in [2.05, 4.69) is 0 Å². The van der Waals surface area contributed by atoms with Gasteiger partial charge in [0.1, 0.15) is 6.29 Å². The Hall–Kier alpha value is -0.730. The molecular formula is C10H12Cl2O2. The van der Waals surface area contributed by atoms with Crippen molar-refractivity contribution in [2.45, 2.75) is 13.8 Å². The lowest BCUT2D eigenvalue weighted by Gasteiger charge is -2.05. The smallest absolute Gasteiger partial charge is 0.156 e. The second-order valence-corrected chi connectivity index (χ2v) is 2.95. The van der Waals surface area contributed by atoms with E-state index in [0.29, 0.717) is 27.6 Å². The number of halogens is 2. The number of hydrogen-bond donors (Lipinski definition) is 0. The minimum Gasteiger partial charge on any atom is -0.494 e. The summed E-state index contributed by atoms with van der Waals surface area (Å²) in [5.74, 6) is 0.393. The fraction of sp³-hybridized carbons (Fsp3) is 0.300. The zero-order valence-electron chi connectivity index (χ0n) is 8.30. The van der Waals surface area contributed by atoms with Crippen molar-refractivity contribution in [2.24, 2.45) is 0 Å². The minimum atomic E-state index is 0.340. The Bertz CT molecular complexity index is 288. The molecule has 78 valence electrons. The number of aldehydes is 1. The highest BCUT2D eigenvalue weighted by Crippen LogP contribution is 2.33. The molecule has 0 radical (unpaired) electrons. The number of rotatable bonds is 2. The Morgan fingerprint density at radius 3 is 1.93 bits per heavy atom. The first-order valence-electron chi connectivity index (χ1n) is 4.17. The van der Waals surface area contributed by atoms with E-state index in [1.165, 1.54) is 19.2 Å². The zero-order chi connectivity index (χ0) is 11.1. The molecule has 1 aromatic rings. The van der Waals surface area contributed by atoms with Crippen molar-refractivity contribution in [3.05, 3.63) is 27.7 Å². The average molecular weight is 235 g/mol. The molecule has 0 unspecified atom stereocenters. The molecule has 0 aromatic heterocycles. The lowest BCUT2D eigenvalue weighted by molar-refractivity contribution is 0.112. The van der Waals surface area contributed by atoms with Crippen molar-refractivity contribution in [1.29, 1.82) is 0 Å². The van der Waals surface area contributed by atoms with E-state index in [9.17, 15) is 4.79 Å². The van der Waals surface area contributed by atoms with Crippen LogP contribution in [-0.2, 0) is 0 Å². The van der Waals surface area contributed by atoms with Gasteiger partial charge in [0.05, 0.1) is 17.2 Å². The highest BCUT2D eigenvalue weighted by atomic mass is 35.5. The molecule has 0 aliphatic rings. The van der Waals surface area contributed by atoms with Gasteiger partial charge in [-0.15, -0.1) is 0 Å². The van der Waals surface area contributed by atoms with Crippen LogP contribution in [0.25, 0.3) is 0 Å². The molecule has 2 nitrogen and oxygen atoms in total. The van der Waals surface area contributed by atoms with Crippen LogP contribution in [0.1, 0.15) is 24.2 Å². The Balaban J connectivity index is 0.000000791. The van der Waals surface area contributed by atoms with Gasteiger partial charge in [-0.2, -0.15) is 0 Å². The zero-order valence-corrected chi connectivity index (χ0v) is 9.82. The summed E-state index contributed by atoms with van der Waals surface area (Å²) in [6.45, 7) is 4.00. The van der Waals surface area contributed by atoms with Crippen molar-refractivity contribution < 1.29 is 9.53 Å². The lowest BCUT2D eigenvalue weighted by Crippen LogP contribution is -1.88. The Morgan fingerprint density at radius 2 is 1.64 bits per heavy atom. The standard InChI is InChI=1S/C8H6Cl2O2.C2H6/c1-12-8-6(9)2-5(4-11)3-7(8)10;1-2/h2-4H,1H3;1-2H3. The first-order chi connectivity index (χ1) is 6.69. The molecule has 0 aliphatic carbocycles. The van der Waals surface area contributed by atoms with Gasteiger partial charge in [-0.25, -0.2) is 0 Å². The van der Waals surface area contributed by atoms with Crippen LogP contribution in [0, 0.1) is 0 Å². The number of carbonyl (C=O) groups excluding carboxylic acids is 1. The molecule has 0 saturated carbocycles. The van der Waals surface area contributed by atoms with Gasteiger partial charge in [-0.1, -0.05) is 37.0 Å². The maximum atomic E-state index is 10.4. The summed E-state index contributed by atoms with van der Waals surface area (Å²) in [6, 6.07) is 3.00. The Labute approximate surface area is 93.8 Å². The first kappa shape index (κ1) is 13.3. The van der Waals surface area contributed by atoms with E-state index >= 15 is 0 Å². The van der Waals surface area contributed by atoms with Crippen LogP contribution >= 0.6 is 23.2 Å². The highest BCUT2D eigenvalue weighted by molar-refractivity contribution is 6.37. The predicted octanol–water partition coefficient (Wildman–Crippen LogP) is 3.84. The molecule has 1 aromatic carbocycles. The van der Waals surface area contributed by atoms with Crippen molar-refractivity contribution in [1.82, 2.24) is 0 Å². The van der Waals surface area contributed by atoms with Crippen LogP contribution in [0.3, 0.4) is 0 Å². The van der Waals surface area contributed by atoms with Crippen molar-refractivity contribution in [3.63, 3.8) is 0 Å². The topological polar surface area (TPSA) is 26.3 Å². The third-order valence-electron chi connectivity index (χ3n) is 1.36. The van der Waals surface area contributed by atoms with Gasteiger partial charge in [0.15, 0.2) is 5.75 Å². The summed E-state index contributed by atoms with van der Waals surface area (Å²) in [4.78, 5) is 10.4. The maximum Gasteiger partial charge on any atom is 0.156 e. The highest BCUT2D eigenvalue weighted by Gasteiger charge is 2.07. The monoisotopic (exact) mass is 234 g/mol. The number of carbonyl (C=O) groups is 1. The van der Waals surface area contributed by atoms with Gasteiger partial charge >= 0.3 is 0 Å². The molecule has 0 heterocycles. The van der Waals surface area contributed by atoms with E-state index in [0.717, 1.165) is 0 Å². The molecule has 0 N–H and O–H groups in total. The van der Waals surface area contributed by atoms with Gasteiger partial charge in [-0.05, 0) is 12.1 Å². The van der Waals surface area contributed by atoms with Crippen molar-refractivity contribution >= 4 is 29.5 Å². The molecule has 14 heavy (non-hydrogen) atoms. The van der Waals surface area contributed by atoms with Gasteiger partial charge in [-0.3, -0.25) is 4.79 Å². The van der Waals surface area contributed by atoms with Gasteiger partial charge < -0.3 is 4.74 Å². The number of methoxy groups -OCH3 is 1. The second kappa shape index (κ2) is 6.68. The lowest BCUT2D eigenvalue weighted by atomic mass is 10.2. The largest absolute Gasteiger partial charge is 0.494 e. The summed E-state index contributed by atoms with van der Waals surface area (Å²) >= 11 is 11.5. The molecule has 4 heteroatoms. The van der Waals surface area contributed by atoms with Crippen molar-refractivity contribution in [2.75, 3.05) is 7.11 Å². The Morgan fingerprint density at radius 1 is 1.21 bits per heavy atom. The second-order valence-electron chi connectivity index (χ2n) is 2.14. The maximum absolute atomic E-state index is 10.4. The SMILES string of the molecule is CC.COc1c(Cl)cc(C=O)cc1Cl. The van der Waals surface area contributed by atoms with E-state index < -0.39 is 0 Å².